The average molecular weight is 333 g/mol. The summed E-state index contributed by atoms with van der Waals surface area (Å²) in [4.78, 5) is 13.8. The van der Waals surface area contributed by atoms with E-state index in [1.54, 1.807) is 7.11 Å². The molecule has 0 saturated heterocycles. The van der Waals surface area contributed by atoms with Gasteiger partial charge in [-0.15, -0.1) is 0 Å². The zero-order valence-electron chi connectivity index (χ0n) is 10.9. The van der Waals surface area contributed by atoms with Crippen molar-refractivity contribution >= 4 is 38.9 Å². The fourth-order valence-electron chi connectivity index (χ4n) is 2.26. The van der Waals surface area contributed by atoms with Crippen molar-refractivity contribution in [1.29, 1.82) is 0 Å². The number of nitrogens with one attached hydrogen (secondary N) is 1. The van der Waals surface area contributed by atoms with Gasteiger partial charge >= 0.3 is 0 Å². The molecule has 2 aromatic rings. The Morgan fingerprint density at radius 2 is 2.10 bits per heavy atom. The number of nitrogens with zero attached hydrogens (tertiary/aromatic N) is 1. The number of rotatable bonds is 2. The normalized spacial score (nSPS) is 13.7. The van der Waals surface area contributed by atoms with E-state index in [1.807, 2.05) is 47.4 Å². The first-order valence-corrected chi connectivity index (χ1v) is 6.97. The molecule has 0 fully saturated rings. The Labute approximate surface area is 125 Å². The summed E-state index contributed by atoms with van der Waals surface area (Å²) in [5.41, 5.74) is 2.71. The van der Waals surface area contributed by atoms with E-state index in [9.17, 15) is 4.79 Å². The van der Waals surface area contributed by atoms with Crippen LogP contribution in [0.1, 0.15) is 0 Å². The van der Waals surface area contributed by atoms with Crippen molar-refractivity contribution in [3.8, 4) is 5.75 Å². The lowest BCUT2D eigenvalue weighted by Gasteiger charge is -2.31. The highest BCUT2D eigenvalue weighted by Crippen LogP contribution is 2.37. The number of benzene rings is 2. The first kappa shape index (κ1) is 13.0. The summed E-state index contributed by atoms with van der Waals surface area (Å²) in [6.45, 7) is 0.288. The first-order chi connectivity index (χ1) is 9.67. The second-order valence-electron chi connectivity index (χ2n) is 4.50. The number of carbonyl (C=O) groups excluding carboxylic acids is 1. The molecule has 0 unspecified atom stereocenters. The van der Waals surface area contributed by atoms with E-state index < -0.39 is 0 Å². The predicted octanol–water partition coefficient (Wildman–Crippen LogP) is 3.55. The zero-order chi connectivity index (χ0) is 14.1. The van der Waals surface area contributed by atoms with Crippen LogP contribution in [0.15, 0.2) is 46.9 Å². The van der Waals surface area contributed by atoms with Gasteiger partial charge in [-0.1, -0.05) is 22.0 Å². The zero-order valence-corrected chi connectivity index (χ0v) is 12.5. The topological polar surface area (TPSA) is 41.6 Å². The number of ether oxygens (including phenoxy) is 1. The maximum absolute atomic E-state index is 11.9. The maximum atomic E-state index is 11.9. The Bertz CT molecular complexity index is 673. The highest BCUT2D eigenvalue weighted by Gasteiger charge is 2.23. The number of fused-ring (bicyclic) bond motifs is 1. The quantitative estimate of drug-likeness (QED) is 0.914. The molecule has 5 heteroatoms. The summed E-state index contributed by atoms with van der Waals surface area (Å²) in [6.07, 6.45) is 0. The molecule has 1 aliphatic heterocycles. The molecule has 1 heterocycles. The molecule has 1 N–H and O–H groups in total. The van der Waals surface area contributed by atoms with Crippen LogP contribution in [0.2, 0.25) is 0 Å². The number of amides is 1. The van der Waals surface area contributed by atoms with E-state index in [4.69, 9.17) is 4.74 Å². The third kappa shape index (κ3) is 2.36. The van der Waals surface area contributed by atoms with Crippen LogP contribution in [0, 0.1) is 0 Å². The standard InChI is InChI=1S/C15H13BrN2O2/c1-20-12-4-2-3-11(8-12)18-9-15(19)17-13-6-5-10(16)7-14(13)18/h2-8H,9H2,1H3,(H,17,19). The van der Waals surface area contributed by atoms with Crippen LogP contribution < -0.4 is 15.0 Å². The number of hydrogen-bond donors (Lipinski definition) is 1. The summed E-state index contributed by atoms with van der Waals surface area (Å²) >= 11 is 3.47. The predicted molar refractivity (Wildman–Crippen MR) is 82.8 cm³/mol. The van der Waals surface area contributed by atoms with Crippen LogP contribution in [0.25, 0.3) is 0 Å². The molecule has 0 aromatic heterocycles. The Kier molecular flexibility index (Phi) is 3.36. The molecule has 0 bridgehead atoms. The smallest absolute Gasteiger partial charge is 0.244 e. The van der Waals surface area contributed by atoms with Gasteiger partial charge in [-0.2, -0.15) is 0 Å². The van der Waals surface area contributed by atoms with Crippen molar-refractivity contribution in [3.05, 3.63) is 46.9 Å². The van der Waals surface area contributed by atoms with E-state index in [1.165, 1.54) is 0 Å². The van der Waals surface area contributed by atoms with Crippen LogP contribution in [0.5, 0.6) is 5.75 Å². The van der Waals surface area contributed by atoms with Crippen LogP contribution >= 0.6 is 15.9 Å². The molecule has 1 amide bonds. The van der Waals surface area contributed by atoms with Gasteiger partial charge in [0.25, 0.3) is 0 Å². The van der Waals surface area contributed by atoms with Gasteiger partial charge in [0, 0.05) is 16.2 Å². The molecule has 102 valence electrons. The summed E-state index contributed by atoms with van der Waals surface area (Å²) < 4.78 is 6.22. The number of methoxy groups -OCH3 is 1. The van der Waals surface area contributed by atoms with Gasteiger partial charge in [-0.25, -0.2) is 0 Å². The summed E-state index contributed by atoms with van der Waals surface area (Å²) in [5, 5.41) is 2.88. The van der Waals surface area contributed by atoms with Gasteiger partial charge in [0.15, 0.2) is 0 Å². The van der Waals surface area contributed by atoms with Crippen LogP contribution in [-0.4, -0.2) is 19.6 Å². The van der Waals surface area contributed by atoms with E-state index in [0.717, 1.165) is 27.3 Å². The third-order valence-electron chi connectivity index (χ3n) is 3.19. The minimum atomic E-state index is -0.0253. The molecule has 2 aromatic carbocycles. The van der Waals surface area contributed by atoms with Gasteiger partial charge in [-0.05, 0) is 30.3 Å². The second kappa shape index (κ2) is 5.17. The molecule has 0 aliphatic carbocycles. The highest BCUT2D eigenvalue weighted by atomic mass is 79.9. The lowest BCUT2D eigenvalue weighted by atomic mass is 10.1. The Morgan fingerprint density at radius 1 is 1.25 bits per heavy atom. The molecule has 20 heavy (non-hydrogen) atoms. The first-order valence-electron chi connectivity index (χ1n) is 6.18. The monoisotopic (exact) mass is 332 g/mol. The van der Waals surface area contributed by atoms with Crippen molar-refractivity contribution in [2.24, 2.45) is 0 Å². The summed E-state index contributed by atoms with van der Waals surface area (Å²) in [5.74, 6) is 0.743. The van der Waals surface area contributed by atoms with Gasteiger partial charge in [-0.3, -0.25) is 4.79 Å². The lowest BCUT2D eigenvalue weighted by Crippen LogP contribution is -2.35. The van der Waals surface area contributed by atoms with Gasteiger partial charge in [0.05, 0.1) is 18.5 Å². The number of carbonyl (C=O) groups is 1. The fourth-order valence-corrected chi connectivity index (χ4v) is 2.61. The van der Waals surface area contributed by atoms with Crippen molar-refractivity contribution in [1.82, 2.24) is 0 Å². The molecule has 3 rings (SSSR count). The molecule has 1 aliphatic rings. The molecule has 0 saturated carbocycles. The largest absolute Gasteiger partial charge is 0.497 e. The summed E-state index contributed by atoms with van der Waals surface area (Å²) in [6, 6.07) is 13.5. The SMILES string of the molecule is COc1cccc(N2CC(=O)Nc3ccc(Br)cc32)c1. The van der Waals surface area contributed by atoms with Gasteiger partial charge in [0.1, 0.15) is 12.3 Å². The minimum absolute atomic E-state index is 0.0253. The van der Waals surface area contributed by atoms with Gasteiger partial charge < -0.3 is 15.0 Å². The number of hydrogen-bond acceptors (Lipinski definition) is 3. The maximum Gasteiger partial charge on any atom is 0.244 e. The minimum Gasteiger partial charge on any atom is -0.497 e. The third-order valence-corrected chi connectivity index (χ3v) is 3.68. The molecule has 4 nitrogen and oxygen atoms in total. The molecule has 0 radical (unpaired) electrons. The lowest BCUT2D eigenvalue weighted by molar-refractivity contribution is -0.115. The van der Waals surface area contributed by atoms with Crippen molar-refractivity contribution in [2.45, 2.75) is 0 Å². The van der Waals surface area contributed by atoms with Crippen LogP contribution in [0.4, 0.5) is 17.1 Å². The van der Waals surface area contributed by atoms with Gasteiger partial charge in [0.2, 0.25) is 5.91 Å². The summed E-state index contributed by atoms with van der Waals surface area (Å²) in [7, 11) is 1.63. The van der Waals surface area contributed by atoms with Crippen molar-refractivity contribution in [3.63, 3.8) is 0 Å². The molecule has 0 atom stereocenters. The van der Waals surface area contributed by atoms with Crippen LogP contribution in [-0.2, 0) is 4.79 Å². The van der Waals surface area contributed by atoms with E-state index in [2.05, 4.69) is 21.2 Å². The number of anilines is 3. The molecule has 0 spiro atoms. The van der Waals surface area contributed by atoms with E-state index >= 15 is 0 Å². The Hall–Kier alpha value is -2.01. The molecular formula is C15H13BrN2O2. The second-order valence-corrected chi connectivity index (χ2v) is 5.41. The van der Waals surface area contributed by atoms with Crippen molar-refractivity contribution < 1.29 is 9.53 Å². The average Bonchev–Trinajstić information content (AvgIpc) is 2.47. The van der Waals surface area contributed by atoms with Crippen molar-refractivity contribution in [2.75, 3.05) is 23.9 Å². The molecular weight excluding hydrogens is 320 g/mol. The van der Waals surface area contributed by atoms with E-state index in [-0.39, 0.29) is 12.5 Å². The Balaban J connectivity index is 2.09. The van der Waals surface area contributed by atoms with E-state index in [0.29, 0.717) is 0 Å². The number of halogens is 1. The fraction of sp³-hybridized carbons (Fsp3) is 0.133. The van der Waals surface area contributed by atoms with Crippen LogP contribution in [0.3, 0.4) is 0 Å². The Morgan fingerprint density at radius 3 is 2.90 bits per heavy atom. The highest BCUT2D eigenvalue weighted by molar-refractivity contribution is 9.10.